The molecule has 0 radical (unpaired) electrons. The minimum absolute atomic E-state index is 0.00925. The molecule has 2 rings (SSSR count). The quantitative estimate of drug-likeness (QED) is 0.415. The lowest BCUT2D eigenvalue weighted by molar-refractivity contribution is -0.141. The fourth-order valence-electron chi connectivity index (χ4n) is 3.80. The molecule has 0 aliphatic rings. The van der Waals surface area contributed by atoms with E-state index in [9.17, 15) is 18.0 Å². The summed E-state index contributed by atoms with van der Waals surface area (Å²) in [5, 5.41) is 3.56. The number of carbonyl (C=O) groups excluding carboxylic acids is 2. The lowest BCUT2D eigenvalue weighted by atomic mass is 10.1. The maximum Gasteiger partial charge on any atom is 0.244 e. The van der Waals surface area contributed by atoms with Crippen LogP contribution in [0, 0.1) is 0 Å². The van der Waals surface area contributed by atoms with Crippen molar-refractivity contribution in [3.63, 3.8) is 0 Å². The van der Waals surface area contributed by atoms with Crippen molar-refractivity contribution >= 4 is 50.7 Å². The Balaban J connectivity index is 2.53. The molecule has 9 nitrogen and oxygen atoms in total. The van der Waals surface area contributed by atoms with Crippen molar-refractivity contribution in [3.8, 4) is 11.5 Å². The van der Waals surface area contributed by atoms with Crippen LogP contribution in [0.25, 0.3) is 0 Å². The van der Waals surface area contributed by atoms with Gasteiger partial charge in [-0.1, -0.05) is 36.2 Å². The fraction of sp³-hybridized carbons (Fsp3) is 0.462. The normalized spacial score (nSPS) is 12.4. The van der Waals surface area contributed by atoms with Crippen LogP contribution in [0.5, 0.6) is 11.5 Å². The summed E-state index contributed by atoms with van der Waals surface area (Å²) in [6.07, 6.45) is 1.30. The third kappa shape index (κ3) is 8.41. The van der Waals surface area contributed by atoms with Gasteiger partial charge in [-0.2, -0.15) is 0 Å². The van der Waals surface area contributed by atoms with Crippen molar-refractivity contribution in [3.05, 3.63) is 52.0 Å². The highest BCUT2D eigenvalue weighted by atomic mass is 35.5. The first-order chi connectivity index (χ1) is 17.6. The number of rotatable bonds is 11. The van der Waals surface area contributed by atoms with Crippen LogP contribution in [0.4, 0.5) is 5.69 Å². The molecule has 0 aliphatic carbocycles. The topological polar surface area (TPSA) is 105 Å². The second-order valence-electron chi connectivity index (χ2n) is 9.74. The minimum Gasteiger partial charge on any atom is -0.493 e. The molecule has 0 unspecified atom stereocenters. The number of hydrogen-bond donors (Lipinski definition) is 1. The molecule has 0 heterocycles. The zero-order valence-corrected chi connectivity index (χ0v) is 25.0. The van der Waals surface area contributed by atoms with Gasteiger partial charge in [0.2, 0.25) is 21.8 Å². The number of methoxy groups -OCH3 is 2. The van der Waals surface area contributed by atoms with E-state index in [1.807, 2.05) is 20.8 Å². The molecular formula is C26H35Cl2N3O6S. The van der Waals surface area contributed by atoms with Gasteiger partial charge in [0, 0.05) is 18.2 Å². The van der Waals surface area contributed by atoms with Crippen LogP contribution in [0.2, 0.25) is 10.0 Å². The van der Waals surface area contributed by atoms with Gasteiger partial charge in [-0.25, -0.2) is 8.42 Å². The molecule has 38 heavy (non-hydrogen) atoms. The molecule has 0 aliphatic heterocycles. The Kier molecular flexibility index (Phi) is 10.7. The van der Waals surface area contributed by atoms with Crippen LogP contribution < -0.4 is 19.1 Å². The highest BCUT2D eigenvalue weighted by Gasteiger charge is 2.33. The van der Waals surface area contributed by atoms with Crippen LogP contribution in [-0.4, -0.2) is 63.7 Å². The van der Waals surface area contributed by atoms with E-state index in [2.05, 4.69) is 5.32 Å². The minimum atomic E-state index is -3.91. The molecule has 0 spiro atoms. The van der Waals surface area contributed by atoms with Gasteiger partial charge in [0.05, 0.1) is 36.2 Å². The van der Waals surface area contributed by atoms with Gasteiger partial charge >= 0.3 is 0 Å². The lowest BCUT2D eigenvalue weighted by Gasteiger charge is -2.34. The standard InChI is InChI=1S/C26H35Cl2N3O6S/c1-8-21(25(33)29-26(2,3)4)30(15-17-9-11-19(27)20(28)13-17)24(32)16-31(38(7,34)35)18-10-12-22(36-5)23(14-18)37-6/h9-14,21H,8,15-16H2,1-7H3,(H,29,33)/t21-/m1/s1. The number of sulfonamides is 1. The summed E-state index contributed by atoms with van der Waals surface area (Å²) in [4.78, 5) is 28.4. The Morgan fingerprint density at radius 2 is 1.63 bits per heavy atom. The Morgan fingerprint density at radius 3 is 2.13 bits per heavy atom. The SMILES string of the molecule is CC[C@H](C(=O)NC(C)(C)C)N(Cc1ccc(Cl)c(Cl)c1)C(=O)CN(c1ccc(OC)c(OC)c1)S(C)(=O)=O. The van der Waals surface area contributed by atoms with Crippen LogP contribution in [-0.2, 0) is 26.2 Å². The number of nitrogens with one attached hydrogen (secondary N) is 1. The Morgan fingerprint density at radius 1 is 1.00 bits per heavy atom. The molecule has 0 bridgehead atoms. The Hall–Kier alpha value is -2.69. The second-order valence-corrected chi connectivity index (χ2v) is 12.5. The van der Waals surface area contributed by atoms with Crippen molar-refractivity contribution in [1.82, 2.24) is 10.2 Å². The number of hydrogen-bond acceptors (Lipinski definition) is 6. The van der Waals surface area contributed by atoms with Gasteiger partial charge < -0.3 is 19.7 Å². The van der Waals surface area contributed by atoms with E-state index < -0.39 is 34.1 Å². The zero-order chi connectivity index (χ0) is 28.8. The van der Waals surface area contributed by atoms with Gasteiger partial charge in [0.15, 0.2) is 11.5 Å². The van der Waals surface area contributed by atoms with Crippen molar-refractivity contribution < 1.29 is 27.5 Å². The van der Waals surface area contributed by atoms with Crippen molar-refractivity contribution in [2.45, 2.75) is 52.2 Å². The first-order valence-corrected chi connectivity index (χ1v) is 14.5. The molecule has 1 N–H and O–H groups in total. The van der Waals surface area contributed by atoms with E-state index >= 15 is 0 Å². The van der Waals surface area contributed by atoms with Gasteiger partial charge in [-0.3, -0.25) is 13.9 Å². The first kappa shape index (κ1) is 31.5. The number of halogens is 2. The average Bonchev–Trinajstić information content (AvgIpc) is 2.82. The van der Waals surface area contributed by atoms with Crippen molar-refractivity contribution in [1.29, 1.82) is 0 Å². The predicted octanol–water partition coefficient (Wildman–Crippen LogP) is 4.50. The molecule has 0 saturated heterocycles. The summed E-state index contributed by atoms with van der Waals surface area (Å²) in [7, 11) is -1.02. The van der Waals surface area contributed by atoms with E-state index in [1.54, 1.807) is 31.2 Å². The summed E-state index contributed by atoms with van der Waals surface area (Å²) >= 11 is 12.2. The van der Waals surface area contributed by atoms with Crippen LogP contribution in [0.3, 0.4) is 0 Å². The molecule has 0 fully saturated rings. The van der Waals surface area contributed by atoms with Crippen LogP contribution in [0.1, 0.15) is 39.7 Å². The third-order valence-corrected chi connectivity index (χ3v) is 7.43. The monoisotopic (exact) mass is 587 g/mol. The van der Waals surface area contributed by atoms with Gasteiger partial charge in [-0.15, -0.1) is 0 Å². The Bertz CT molecular complexity index is 1260. The van der Waals surface area contributed by atoms with E-state index in [1.165, 1.54) is 31.3 Å². The van der Waals surface area contributed by atoms with Crippen molar-refractivity contribution in [2.24, 2.45) is 0 Å². The molecule has 210 valence electrons. The first-order valence-electron chi connectivity index (χ1n) is 11.9. The largest absolute Gasteiger partial charge is 0.493 e. The van der Waals surface area contributed by atoms with E-state index in [0.717, 1.165) is 10.6 Å². The number of anilines is 1. The van der Waals surface area contributed by atoms with E-state index in [0.29, 0.717) is 33.5 Å². The average molecular weight is 589 g/mol. The maximum atomic E-state index is 13.8. The number of carbonyl (C=O) groups is 2. The van der Waals surface area contributed by atoms with Crippen molar-refractivity contribution in [2.75, 3.05) is 31.3 Å². The predicted molar refractivity (Wildman–Crippen MR) is 151 cm³/mol. The highest BCUT2D eigenvalue weighted by molar-refractivity contribution is 7.92. The summed E-state index contributed by atoms with van der Waals surface area (Å²) in [5.41, 5.74) is 0.299. The molecule has 1 atom stereocenters. The van der Waals surface area contributed by atoms with E-state index in [-0.39, 0.29) is 18.1 Å². The molecule has 0 aromatic heterocycles. The smallest absolute Gasteiger partial charge is 0.244 e. The molecule has 0 saturated carbocycles. The summed E-state index contributed by atoms with van der Waals surface area (Å²) < 4.78 is 37.1. The molecule has 2 aromatic rings. The molecular weight excluding hydrogens is 553 g/mol. The second kappa shape index (κ2) is 12.9. The zero-order valence-electron chi connectivity index (χ0n) is 22.7. The summed E-state index contributed by atoms with van der Waals surface area (Å²) in [6.45, 7) is 6.76. The number of amides is 2. The van der Waals surface area contributed by atoms with Gasteiger partial charge in [0.25, 0.3) is 0 Å². The van der Waals surface area contributed by atoms with Crippen LogP contribution in [0.15, 0.2) is 36.4 Å². The third-order valence-electron chi connectivity index (χ3n) is 5.56. The summed E-state index contributed by atoms with van der Waals surface area (Å²) in [5.74, 6) is -0.227. The molecule has 2 aromatic carbocycles. The maximum absolute atomic E-state index is 13.8. The summed E-state index contributed by atoms with van der Waals surface area (Å²) in [6, 6.07) is 8.58. The van der Waals surface area contributed by atoms with Gasteiger partial charge in [-0.05, 0) is 57.0 Å². The number of benzene rings is 2. The molecule has 2 amide bonds. The highest BCUT2D eigenvalue weighted by Crippen LogP contribution is 2.32. The fourth-order valence-corrected chi connectivity index (χ4v) is 4.96. The number of ether oxygens (including phenoxy) is 2. The lowest BCUT2D eigenvalue weighted by Crippen LogP contribution is -2.55. The van der Waals surface area contributed by atoms with Gasteiger partial charge in [0.1, 0.15) is 12.6 Å². The number of nitrogens with zero attached hydrogens (tertiary/aromatic N) is 2. The van der Waals surface area contributed by atoms with Crippen LogP contribution >= 0.6 is 23.2 Å². The molecule has 12 heteroatoms. The Labute approximate surface area is 235 Å². The van der Waals surface area contributed by atoms with E-state index in [4.69, 9.17) is 32.7 Å².